The van der Waals surface area contributed by atoms with Gasteiger partial charge >= 0.3 is 5.97 Å². The quantitative estimate of drug-likeness (QED) is 0.488. The first-order valence-corrected chi connectivity index (χ1v) is 10.9. The van der Waals surface area contributed by atoms with Crippen LogP contribution in [0.4, 0.5) is 5.69 Å². The van der Waals surface area contributed by atoms with Crippen molar-refractivity contribution < 1.29 is 27.4 Å². The minimum Gasteiger partial charge on any atom is -0.496 e. The van der Waals surface area contributed by atoms with Crippen molar-refractivity contribution in [2.75, 3.05) is 25.1 Å². The molecule has 0 N–H and O–H groups in total. The Morgan fingerprint density at radius 3 is 2.13 bits per heavy atom. The monoisotopic (exact) mass is 441 g/mol. The van der Waals surface area contributed by atoms with E-state index in [2.05, 4.69) is 0 Å². The number of sulfonamides is 1. The SMILES string of the molecule is COC(=O)CN(c1ccc(Oc2ccccc2)cc1)S(=O)(=O)c1ccc(OC)c(C)c1. The molecular weight excluding hydrogens is 418 g/mol. The molecule has 0 aliphatic rings. The van der Waals surface area contributed by atoms with Crippen LogP contribution in [0.2, 0.25) is 0 Å². The normalized spacial score (nSPS) is 10.9. The molecule has 0 saturated heterocycles. The molecule has 3 aromatic rings. The van der Waals surface area contributed by atoms with E-state index >= 15 is 0 Å². The lowest BCUT2D eigenvalue weighted by Crippen LogP contribution is -2.36. The lowest BCUT2D eigenvalue weighted by atomic mass is 10.2. The third-order valence-electron chi connectivity index (χ3n) is 4.56. The van der Waals surface area contributed by atoms with E-state index in [1.54, 1.807) is 37.3 Å². The van der Waals surface area contributed by atoms with Gasteiger partial charge in [0.1, 0.15) is 23.8 Å². The van der Waals surface area contributed by atoms with E-state index in [0.29, 0.717) is 28.5 Å². The predicted molar refractivity (Wildman–Crippen MR) is 117 cm³/mol. The van der Waals surface area contributed by atoms with Crippen molar-refractivity contribution in [2.45, 2.75) is 11.8 Å². The second-order valence-electron chi connectivity index (χ2n) is 6.63. The molecule has 0 bridgehead atoms. The number of para-hydroxylation sites is 1. The molecule has 0 spiro atoms. The highest BCUT2D eigenvalue weighted by Crippen LogP contribution is 2.29. The predicted octanol–water partition coefficient (Wildman–Crippen LogP) is 4.16. The molecule has 0 aliphatic heterocycles. The first-order chi connectivity index (χ1) is 14.8. The van der Waals surface area contributed by atoms with Gasteiger partial charge < -0.3 is 14.2 Å². The average Bonchev–Trinajstić information content (AvgIpc) is 2.78. The van der Waals surface area contributed by atoms with Crippen LogP contribution < -0.4 is 13.8 Å². The number of hydrogen-bond acceptors (Lipinski definition) is 6. The van der Waals surface area contributed by atoms with Crippen LogP contribution in [0.1, 0.15) is 5.56 Å². The highest BCUT2D eigenvalue weighted by Gasteiger charge is 2.28. The first-order valence-electron chi connectivity index (χ1n) is 9.42. The molecule has 0 atom stereocenters. The maximum Gasteiger partial charge on any atom is 0.326 e. The number of rotatable bonds is 8. The molecule has 31 heavy (non-hydrogen) atoms. The van der Waals surface area contributed by atoms with Gasteiger partial charge in [-0.15, -0.1) is 0 Å². The van der Waals surface area contributed by atoms with Crippen LogP contribution in [-0.4, -0.2) is 35.2 Å². The minimum absolute atomic E-state index is 0.0410. The zero-order valence-corrected chi connectivity index (χ0v) is 18.3. The number of aryl methyl sites for hydroxylation is 1. The van der Waals surface area contributed by atoms with Crippen LogP contribution in [0.5, 0.6) is 17.2 Å². The highest BCUT2D eigenvalue weighted by atomic mass is 32.2. The van der Waals surface area contributed by atoms with Gasteiger partial charge in [0, 0.05) is 0 Å². The van der Waals surface area contributed by atoms with Crippen LogP contribution >= 0.6 is 0 Å². The van der Waals surface area contributed by atoms with E-state index in [9.17, 15) is 13.2 Å². The number of carbonyl (C=O) groups is 1. The van der Waals surface area contributed by atoms with Crippen LogP contribution in [0.15, 0.2) is 77.7 Å². The summed E-state index contributed by atoms with van der Waals surface area (Å²) in [5.41, 5.74) is 0.965. The summed E-state index contributed by atoms with van der Waals surface area (Å²) in [4.78, 5) is 12.0. The van der Waals surface area contributed by atoms with Gasteiger partial charge in [0.2, 0.25) is 0 Å². The zero-order chi connectivity index (χ0) is 22.4. The van der Waals surface area contributed by atoms with Gasteiger partial charge in [-0.05, 0) is 67.1 Å². The van der Waals surface area contributed by atoms with E-state index in [1.807, 2.05) is 30.3 Å². The van der Waals surface area contributed by atoms with Crippen molar-refractivity contribution in [3.8, 4) is 17.2 Å². The summed E-state index contributed by atoms with van der Waals surface area (Å²) >= 11 is 0. The highest BCUT2D eigenvalue weighted by molar-refractivity contribution is 7.92. The van der Waals surface area contributed by atoms with Crippen molar-refractivity contribution in [1.82, 2.24) is 0 Å². The van der Waals surface area contributed by atoms with Gasteiger partial charge in [0.15, 0.2) is 0 Å². The molecule has 3 aromatic carbocycles. The molecule has 0 unspecified atom stereocenters. The lowest BCUT2D eigenvalue weighted by Gasteiger charge is -2.24. The Morgan fingerprint density at radius 2 is 1.55 bits per heavy atom. The largest absolute Gasteiger partial charge is 0.496 e. The fourth-order valence-corrected chi connectivity index (χ4v) is 4.44. The topological polar surface area (TPSA) is 82.1 Å². The van der Waals surface area contributed by atoms with E-state index in [1.165, 1.54) is 26.4 Å². The Hall–Kier alpha value is -3.52. The molecular formula is C23H23NO6S. The standard InChI is InChI=1S/C23H23NO6S/c1-17-15-21(13-14-22(17)28-2)31(26,27)24(16-23(25)29-3)18-9-11-20(12-10-18)30-19-7-5-4-6-8-19/h4-15H,16H2,1-3H3. The van der Waals surface area contributed by atoms with Crippen molar-refractivity contribution >= 4 is 21.7 Å². The Labute approximate surface area is 181 Å². The average molecular weight is 442 g/mol. The molecule has 7 nitrogen and oxygen atoms in total. The molecule has 0 heterocycles. The summed E-state index contributed by atoms with van der Waals surface area (Å²) < 4.78 is 43.4. The van der Waals surface area contributed by atoms with Crippen LogP contribution in [0.25, 0.3) is 0 Å². The molecule has 0 saturated carbocycles. The summed E-state index contributed by atoms with van der Waals surface area (Å²) in [5, 5.41) is 0. The molecule has 3 rings (SSSR count). The van der Waals surface area contributed by atoms with Gasteiger partial charge in [0.05, 0.1) is 24.8 Å². The van der Waals surface area contributed by atoms with E-state index in [4.69, 9.17) is 14.2 Å². The molecule has 0 aliphatic carbocycles. The van der Waals surface area contributed by atoms with E-state index in [0.717, 1.165) is 4.31 Å². The van der Waals surface area contributed by atoms with Gasteiger partial charge in [-0.2, -0.15) is 0 Å². The van der Waals surface area contributed by atoms with Crippen molar-refractivity contribution in [2.24, 2.45) is 0 Å². The molecule has 162 valence electrons. The second kappa shape index (κ2) is 9.53. The van der Waals surface area contributed by atoms with Crippen molar-refractivity contribution in [3.63, 3.8) is 0 Å². The van der Waals surface area contributed by atoms with Crippen LogP contribution in [0.3, 0.4) is 0 Å². The van der Waals surface area contributed by atoms with Gasteiger partial charge in [-0.3, -0.25) is 9.10 Å². The summed E-state index contributed by atoms with van der Waals surface area (Å²) in [6, 6.07) is 20.2. The summed E-state index contributed by atoms with van der Waals surface area (Å²) in [5.74, 6) is 1.08. The number of methoxy groups -OCH3 is 2. The molecule has 0 amide bonds. The third kappa shape index (κ3) is 5.16. The third-order valence-corrected chi connectivity index (χ3v) is 6.33. The second-order valence-corrected chi connectivity index (χ2v) is 8.49. The van der Waals surface area contributed by atoms with Crippen LogP contribution in [-0.2, 0) is 19.6 Å². The van der Waals surface area contributed by atoms with Gasteiger partial charge in [-0.1, -0.05) is 18.2 Å². The molecule has 8 heteroatoms. The van der Waals surface area contributed by atoms with Gasteiger partial charge in [0.25, 0.3) is 10.0 Å². The summed E-state index contributed by atoms with van der Waals surface area (Å²) in [6.45, 7) is 1.28. The maximum atomic E-state index is 13.4. The van der Waals surface area contributed by atoms with Crippen molar-refractivity contribution in [3.05, 3.63) is 78.4 Å². The van der Waals surface area contributed by atoms with Crippen molar-refractivity contribution in [1.29, 1.82) is 0 Å². The molecule has 0 radical (unpaired) electrons. The van der Waals surface area contributed by atoms with E-state index in [-0.39, 0.29) is 4.90 Å². The molecule has 0 aromatic heterocycles. The van der Waals surface area contributed by atoms with E-state index < -0.39 is 22.5 Å². The fraction of sp³-hybridized carbons (Fsp3) is 0.174. The minimum atomic E-state index is -4.04. The van der Waals surface area contributed by atoms with Crippen LogP contribution in [0, 0.1) is 6.92 Å². The Kier molecular flexibility index (Phi) is 6.81. The zero-order valence-electron chi connectivity index (χ0n) is 17.4. The number of ether oxygens (including phenoxy) is 3. The Morgan fingerprint density at radius 1 is 0.903 bits per heavy atom. The number of hydrogen-bond donors (Lipinski definition) is 0. The summed E-state index contributed by atoms with van der Waals surface area (Å²) in [7, 11) is -1.32. The number of anilines is 1. The van der Waals surface area contributed by atoms with Gasteiger partial charge in [-0.25, -0.2) is 8.42 Å². The number of carbonyl (C=O) groups excluding carboxylic acids is 1. The summed E-state index contributed by atoms with van der Waals surface area (Å²) in [6.07, 6.45) is 0. The lowest BCUT2D eigenvalue weighted by molar-refractivity contribution is -0.138. The number of nitrogens with zero attached hydrogens (tertiary/aromatic N) is 1. The fourth-order valence-electron chi connectivity index (χ4n) is 2.94. The Bertz CT molecular complexity index is 1140. The first kappa shape index (κ1) is 22.2. The smallest absolute Gasteiger partial charge is 0.326 e. The Balaban J connectivity index is 1.95. The number of esters is 1. The number of benzene rings is 3. The molecule has 0 fully saturated rings. The maximum absolute atomic E-state index is 13.4.